The van der Waals surface area contributed by atoms with Gasteiger partial charge in [0.15, 0.2) is 5.82 Å². The third-order valence-corrected chi connectivity index (χ3v) is 5.58. The van der Waals surface area contributed by atoms with Gasteiger partial charge in [-0.1, -0.05) is 35.5 Å². The zero-order valence-electron chi connectivity index (χ0n) is 15.3. The molecule has 2 aliphatic heterocycles. The largest absolute Gasteiger partial charge is 0.341 e. The van der Waals surface area contributed by atoms with Crippen molar-refractivity contribution < 1.29 is 9.32 Å². The molecular formula is C20H26N4O2. The lowest BCUT2D eigenvalue weighted by molar-refractivity contribution is -0.137. The van der Waals surface area contributed by atoms with Crippen molar-refractivity contribution in [2.45, 2.75) is 51.1 Å². The highest BCUT2D eigenvalue weighted by molar-refractivity contribution is 5.82. The molecule has 1 unspecified atom stereocenters. The van der Waals surface area contributed by atoms with Gasteiger partial charge in [-0.2, -0.15) is 4.98 Å². The molecule has 138 valence electrons. The van der Waals surface area contributed by atoms with Crippen LogP contribution in [0.25, 0.3) is 0 Å². The molecule has 1 aromatic carbocycles. The molecule has 6 heteroatoms. The van der Waals surface area contributed by atoms with Crippen molar-refractivity contribution in [3.05, 3.63) is 47.6 Å². The Kier molecular flexibility index (Phi) is 5.02. The number of carbonyl (C=O) groups excluding carboxylic acids is 1. The van der Waals surface area contributed by atoms with Crippen molar-refractivity contribution in [1.29, 1.82) is 0 Å². The molecule has 26 heavy (non-hydrogen) atoms. The van der Waals surface area contributed by atoms with E-state index in [0.717, 1.165) is 57.8 Å². The molecule has 0 spiro atoms. The highest BCUT2D eigenvalue weighted by atomic mass is 16.5. The topological polar surface area (TPSA) is 62.5 Å². The first-order valence-corrected chi connectivity index (χ1v) is 9.57. The van der Waals surface area contributed by atoms with Crippen LogP contribution in [0.5, 0.6) is 0 Å². The SMILES string of the molecule is Cc1noc(C2CCN(C(=O)C3CCCN3Cc3ccccc3)CC2)n1. The maximum absolute atomic E-state index is 13.1. The minimum Gasteiger partial charge on any atom is -0.341 e. The van der Waals surface area contributed by atoms with Crippen LogP contribution in [0, 0.1) is 6.92 Å². The fraction of sp³-hybridized carbons (Fsp3) is 0.550. The number of likely N-dealkylation sites (tertiary alicyclic amines) is 2. The molecular weight excluding hydrogens is 328 g/mol. The van der Waals surface area contributed by atoms with E-state index in [1.54, 1.807) is 0 Å². The zero-order chi connectivity index (χ0) is 17.9. The van der Waals surface area contributed by atoms with Crippen molar-refractivity contribution in [2.75, 3.05) is 19.6 Å². The summed E-state index contributed by atoms with van der Waals surface area (Å²) in [6.45, 7) is 5.26. The van der Waals surface area contributed by atoms with Crippen molar-refractivity contribution >= 4 is 5.91 Å². The average molecular weight is 354 g/mol. The summed E-state index contributed by atoms with van der Waals surface area (Å²) < 4.78 is 5.31. The van der Waals surface area contributed by atoms with Gasteiger partial charge in [-0.15, -0.1) is 0 Å². The van der Waals surface area contributed by atoms with Crippen LogP contribution in [0.3, 0.4) is 0 Å². The molecule has 0 aliphatic carbocycles. The zero-order valence-corrected chi connectivity index (χ0v) is 15.3. The molecule has 1 aromatic heterocycles. The van der Waals surface area contributed by atoms with Gasteiger partial charge in [0, 0.05) is 25.6 Å². The summed E-state index contributed by atoms with van der Waals surface area (Å²) in [5.41, 5.74) is 1.28. The van der Waals surface area contributed by atoms with E-state index in [-0.39, 0.29) is 12.0 Å². The molecule has 1 amide bonds. The minimum atomic E-state index is 0.0254. The maximum Gasteiger partial charge on any atom is 0.239 e. The minimum absolute atomic E-state index is 0.0254. The quantitative estimate of drug-likeness (QED) is 0.845. The van der Waals surface area contributed by atoms with Crippen LogP contribution in [0.1, 0.15) is 48.9 Å². The monoisotopic (exact) mass is 354 g/mol. The van der Waals surface area contributed by atoms with Gasteiger partial charge in [0.2, 0.25) is 11.8 Å². The molecule has 1 atom stereocenters. The maximum atomic E-state index is 13.1. The number of aromatic nitrogens is 2. The van der Waals surface area contributed by atoms with E-state index in [1.807, 2.05) is 17.9 Å². The average Bonchev–Trinajstić information content (AvgIpc) is 3.31. The molecule has 2 fully saturated rings. The summed E-state index contributed by atoms with van der Waals surface area (Å²) in [6.07, 6.45) is 3.87. The summed E-state index contributed by atoms with van der Waals surface area (Å²) in [4.78, 5) is 21.8. The lowest BCUT2D eigenvalue weighted by Crippen LogP contribution is -2.48. The molecule has 2 aromatic rings. The second-order valence-corrected chi connectivity index (χ2v) is 7.39. The number of hydrogen-bond donors (Lipinski definition) is 0. The summed E-state index contributed by atoms with van der Waals surface area (Å²) >= 11 is 0. The van der Waals surface area contributed by atoms with Gasteiger partial charge in [-0.05, 0) is 44.7 Å². The highest BCUT2D eigenvalue weighted by Gasteiger charge is 2.35. The van der Waals surface area contributed by atoms with Gasteiger partial charge in [-0.25, -0.2) is 0 Å². The Morgan fingerprint density at radius 2 is 1.92 bits per heavy atom. The van der Waals surface area contributed by atoms with Gasteiger partial charge >= 0.3 is 0 Å². The van der Waals surface area contributed by atoms with Crippen LogP contribution < -0.4 is 0 Å². The summed E-state index contributed by atoms with van der Waals surface area (Å²) in [5, 5.41) is 3.89. The van der Waals surface area contributed by atoms with Gasteiger partial charge in [0.05, 0.1) is 6.04 Å². The van der Waals surface area contributed by atoms with E-state index < -0.39 is 0 Å². The molecule has 3 heterocycles. The molecule has 2 saturated heterocycles. The van der Waals surface area contributed by atoms with Crippen molar-refractivity contribution in [3.8, 4) is 0 Å². The Labute approximate surface area is 154 Å². The van der Waals surface area contributed by atoms with E-state index in [4.69, 9.17) is 4.52 Å². The first-order chi connectivity index (χ1) is 12.7. The third-order valence-electron chi connectivity index (χ3n) is 5.58. The second kappa shape index (κ2) is 7.58. The number of amides is 1. The normalized spacial score (nSPS) is 22.0. The van der Waals surface area contributed by atoms with Gasteiger partial charge in [-0.3, -0.25) is 9.69 Å². The van der Waals surface area contributed by atoms with Crippen molar-refractivity contribution in [3.63, 3.8) is 0 Å². The molecule has 0 radical (unpaired) electrons. The molecule has 6 nitrogen and oxygen atoms in total. The highest BCUT2D eigenvalue weighted by Crippen LogP contribution is 2.29. The van der Waals surface area contributed by atoms with Crippen molar-refractivity contribution in [1.82, 2.24) is 19.9 Å². The Bertz CT molecular complexity index is 737. The third kappa shape index (κ3) is 3.65. The van der Waals surface area contributed by atoms with Crippen LogP contribution in [-0.4, -0.2) is 51.5 Å². The van der Waals surface area contributed by atoms with Crippen LogP contribution in [0.2, 0.25) is 0 Å². The van der Waals surface area contributed by atoms with Crippen LogP contribution in [-0.2, 0) is 11.3 Å². The van der Waals surface area contributed by atoms with Crippen LogP contribution in [0.4, 0.5) is 0 Å². The van der Waals surface area contributed by atoms with E-state index in [1.165, 1.54) is 5.56 Å². The number of rotatable bonds is 4. The van der Waals surface area contributed by atoms with E-state index >= 15 is 0 Å². The Morgan fingerprint density at radius 3 is 2.62 bits per heavy atom. The molecule has 0 saturated carbocycles. The van der Waals surface area contributed by atoms with E-state index in [0.29, 0.717) is 11.7 Å². The molecule has 2 aliphatic rings. The summed E-state index contributed by atoms with van der Waals surface area (Å²) in [7, 11) is 0. The van der Waals surface area contributed by atoms with Crippen LogP contribution >= 0.6 is 0 Å². The van der Waals surface area contributed by atoms with Crippen LogP contribution in [0.15, 0.2) is 34.9 Å². The predicted molar refractivity (Wildman–Crippen MR) is 97.5 cm³/mol. The summed E-state index contributed by atoms with van der Waals surface area (Å²) in [6, 6.07) is 10.5. The molecule has 0 N–H and O–H groups in total. The molecule has 0 bridgehead atoms. The number of hydrogen-bond acceptors (Lipinski definition) is 5. The van der Waals surface area contributed by atoms with Gasteiger partial charge in [0.25, 0.3) is 0 Å². The lowest BCUT2D eigenvalue weighted by atomic mass is 9.96. The van der Waals surface area contributed by atoms with Gasteiger partial charge in [0.1, 0.15) is 0 Å². The predicted octanol–water partition coefficient (Wildman–Crippen LogP) is 2.75. The number of carbonyl (C=O) groups is 1. The second-order valence-electron chi connectivity index (χ2n) is 7.39. The van der Waals surface area contributed by atoms with E-state index in [9.17, 15) is 4.79 Å². The molecule has 4 rings (SSSR count). The standard InChI is InChI=1S/C20H26N4O2/c1-15-21-19(26-22-15)17-9-12-23(13-10-17)20(25)18-8-5-11-24(18)14-16-6-3-2-4-7-16/h2-4,6-7,17-18H,5,8-14H2,1H3. The Morgan fingerprint density at radius 1 is 1.15 bits per heavy atom. The Balaban J connectivity index is 1.35. The van der Waals surface area contributed by atoms with Gasteiger partial charge < -0.3 is 9.42 Å². The number of benzene rings is 1. The lowest BCUT2D eigenvalue weighted by Gasteiger charge is -2.34. The fourth-order valence-corrected chi connectivity index (χ4v) is 4.15. The van der Waals surface area contributed by atoms with E-state index in [2.05, 4.69) is 39.3 Å². The first-order valence-electron chi connectivity index (χ1n) is 9.57. The number of piperidine rings is 1. The fourth-order valence-electron chi connectivity index (χ4n) is 4.15. The smallest absolute Gasteiger partial charge is 0.239 e. The first kappa shape index (κ1) is 17.2. The number of nitrogens with zero attached hydrogens (tertiary/aromatic N) is 4. The Hall–Kier alpha value is -2.21. The summed E-state index contributed by atoms with van der Waals surface area (Å²) in [5.74, 6) is 1.98. The van der Waals surface area contributed by atoms with Crippen molar-refractivity contribution in [2.24, 2.45) is 0 Å². The number of aryl methyl sites for hydroxylation is 1.